The van der Waals surface area contributed by atoms with Crippen LogP contribution >= 0.6 is 15.9 Å². The first-order valence-corrected chi connectivity index (χ1v) is 7.62. The number of halogens is 1. The Bertz CT molecular complexity index is 598. The number of aromatic nitrogens is 1. The summed E-state index contributed by atoms with van der Waals surface area (Å²) in [6, 6.07) is 10.5. The molecule has 0 amide bonds. The molecule has 104 valence electrons. The average Bonchev–Trinajstić information content (AvgIpc) is 2.50. The van der Waals surface area contributed by atoms with Crippen molar-refractivity contribution in [3.05, 3.63) is 57.8 Å². The molecule has 1 aliphatic heterocycles. The van der Waals surface area contributed by atoms with E-state index in [2.05, 4.69) is 44.4 Å². The van der Waals surface area contributed by atoms with Gasteiger partial charge in [0.2, 0.25) is 0 Å². The standard InChI is InChI=1S/C16H17BrN2O/c1-18-15(14-8-7-12(17)10-19-14)13-6-2-4-11-5-3-9-20-16(11)13/h2,4,6-8,10,15,18H,3,5,9H2,1H3. The Balaban J connectivity index is 2.03. The second kappa shape index (κ2) is 5.94. The van der Waals surface area contributed by atoms with Crippen LogP contribution in [0.25, 0.3) is 0 Å². The molecule has 0 bridgehead atoms. The molecule has 3 rings (SSSR count). The molecule has 0 aliphatic carbocycles. The fraction of sp³-hybridized carbons (Fsp3) is 0.312. The van der Waals surface area contributed by atoms with Gasteiger partial charge in [-0.25, -0.2) is 0 Å². The third kappa shape index (κ3) is 2.58. The van der Waals surface area contributed by atoms with Crippen LogP contribution in [0.3, 0.4) is 0 Å². The molecule has 1 atom stereocenters. The van der Waals surface area contributed by atoms with E-state index in [1.54, 1.807) is 0 Å². The first-order chi connectivity index (χ1) is 9.79. The first kappa shape index (κ1) is 13.6. The van der Waals surface area contributed by atoms with Crippen molar-refractivity contribution in [2.24, 2.45) is 0 Å². The molecular formula is C16H17BrN2O. The summed E-state index contributed by atoms with van der Waals surface area (Å²) in [6.07, 6.45) is 4.01. The molecule has 0 saturated carbocycles. The largest absolute Gasteiger partial charge is 0.493 e. The maximum Gasteiger partial charge on any atom is 0.127 e. The maximum atomic E-state index is 5.91. The molecule has 1 unspecified atom stereocenters. The fourth-order valence-electron chi connectivity index (χ4n) is 2.66. The third-order valence-electron chi connectivity index (χ3n) is 3.61. The summed E-state index contributed by atoms with van der Waals surface area (Å²) in [7, 11) is 1.95. The van der Waals surface area contributed by atoms with E-state index in [0.29, 0.717) is 0 Å². The molecule has 2 aromatic rings. The van der Waals surface area contributed by atoms with Gasteiger partial charge in [0.05, 0.1) is 18.3 Å². The highest BCUT2D eigenvalue weighted by molar-refractivity contribution is 9.10. The molecule has 1 N–H and O–H groups in total. The Labute approximate surface area is 127 Å². The van der Waals surface area contributed by atoms with E-state index in [1.807, 2.05) is 25.4 Å². The molecule has 0 radical (unpaired) electrons. The number of nitrogens with one attached hydrogen (secondary N) is 1. The predicted molar refractivity (Wildman–Crippen MR) is 83.1 cm³/mol. The van der Waals surface area contributed by atoms with Gasteiger partial charge in [0.25, 0.3) is 0 Å². The van der Waals surface area contributed by atoms with Crippen LogP contribution in [-0.4, -0.2) is 18.6 Å². The van der Waals surface area contributed by atoms with E-state index in [1.165, 1.54) is 11.1 Å². The molecule has 1 aromatic carbocycles. The summed E-state index contributed by atoms with van der Waals surface area (Å²) in [5, 5.41) is 3.35. The van der Waals surface area contributed by atoms with Crippen molar-refractivity contribution in [3.63, 3.8) is 0 Å². The van der Waals surface area contributed by atoms with Crippen molar-refractivity contribution in [3.8, 4) is 5.75 Å². The van der Waals surface area contributed by atoms with Gasteiger partial charge in [0.1, 0.15) is 5.75 Å². The van der Waals surface area contributed by atoms with Crippen molar-refractivity contribution in [1.82, 2.24) is 10.3 Å². The van der Waals surface area contributed by atoms with Crippen molar-refractivity contribution >= 4 is 15.9 Å². The third-order valence-corrected chi connectivity index (χ3v) is 4.08. The van der Waals surface area contributed by atoms with Crippen LogP contribution in [-0.2, 0) is 6.42 Å². The van der Waals surface area contributed by atoms with Gasteiger partial charge in [-0.1, -0.05) is 18.2 Å². The zero-order valence-corrected chi connectivity index (χ0v) is 13.0. The predicted octanol–water partition coefficient (Wildman–Crippen LogP) is 3.48. The number of pyridine rings is 1. The number of aryl methyl sites for hydroxylation is 1. The van der Waals surface area contributed by atoms with Gasteiger partial charge < -0.3 is 10.1 Å². The summed E-state index contributed by atoms with van der Waals surface area (Å²) in [5.74, 6) is 1.03. The number of nitrogens with zero attached hydrogens (tertiary/aromatic N) is 1. The molecular weight excluding hydrogens is 316 g/mol. The van der Waals surface area contributed by atoms with Gasteiger partial charge in [0.15, 0.2) is 0 Å². The molecule has 2 heterocycles. The first-order valence-electron chi connectivity index (χ1n) is 6.83. The Morgan fingerprint density at radius 2 is 2.20 bits per heavy atom. The van der Waals surface area contributed by atoms with Crippen LogP contribution in [0.2, 0.25) is 0 Å². The van der Waals surface area contributed by atoms with Crippen LogP contribution < -0.4 is 10.1 Å². The van der Waals surface area contributed by atoms with Crippen molar-refractivity contribution in [2.75, 3.05) is 13.7 Å². The summed E-state index contributed by atoms with van der Waals surface area (Å²) in [6.45, 7) is 0.800. The van der Waals surface area contributed by atoms with E-state index < -0.39 is 0 Å². The highest BCUT2D eigenvalue weighted by atomic mass is 79.9. The normalized spacial score (nSPS) is 15.3. The van der Waals surface area contributed by atoms with E-state index in [9.17, 15) is 0 Å². The topological polar surface area (TPSA) is 34.2 Å². The Hall–Kier alpha value is -1.39. The van der Waals surface area contributed by atoms with Gasteiger partial charge in [-0.3, -0.25) is 4.98 Å². The molecule has 20 heavy (non-hydrogen) atoms. The van der Waals surface area contributed by atoms with Gasteiger partial charge in [-0.15, -0.1) is 0 Å². The Morgan fingerprint density at radius 3 is 2.95 bits per heavy atom. The number of benzene rings is 1. The second-order valence-corrected chi connectivity index (χ2v) is 5.83. The second-order valence-electron chi connectivity index (χ2n) is 4.91. The summed E-state index contributed by atoms with van der Waals surface area (Å²) < 4.78 is 6.89. The lowest BCUT2D eigenvalue weighted by Crippen LogP contribution is -2.21. The minimum Gasteiger partial charge on any atom is -0.493 e. The van der Waals surface area contributed by atoms with Crippen molar-refractivity contribution in [1.29, 1.82) is 0 Å². The van der Waals surface area contributed by atoms with E-state index in [0.717, 1.165) is 35.4 Å². The van der Waals surface area contributed by atoms with Crippen LogP contribution in [0, 0.1) is 0 Å². The highest BCUT2D eigenvalue weighted by Crippen LogP contribution is 2.35. The fourth-order valence-corrected chi connectivity index (χ4v) is 2.90. The molecule has 0 spiro atoms. The zero-order valence-electron chi connectivity index (χ0n) is 11.4. The summed E-state index contributed by atoms with van der Waals surface area (Å²) in [4.78, 5) is 4.51. The molecule has 0 saturated heterocycles. The average molecular weight is 333 g/mol. The highest BCUT2D eigenvalue weighted by Gasteiger charge is 2.22. The lowest BCUT2D eigenvalue weighted by Gasteiger charge is -2.24. The minimum atomic E-state index is 0.0520. The van der Waals surface area contributed by atoms with Crippen LogP contribution in [0.5, 0.6) is 5.75 Å². The van der Waals surface area contributed by atoms with Crippen molar-refractivity contribution < 1.29 is 4.74 Å². The number of hydrogen-bond acceptors (Lipinski definition) is 3. The summed E-state index contributed by atoms with van der Waals surface area (Å²) in [5.41, 5.74) is 3.46. The van der Waals surface area contributed by atoms with E-state index in [4.69, 9.17) is 4.74 Å². The van der Waals surface area contributed by atoms with Crippen LogP contribution in [0.4, 0.5) is 0 Å². The van der Waals surface area contributed by atoms with Crippen LogP contribution in [0.1, 0.15) is 29.3 Å². The van der Waals surface area contributed by atoms with Gasteiger partial charge in [0, 0.05) is 16.2 Å². The maximum absolute atomic E-state index is 5.91. The lowest BCUT2D eigenvalue weighted by atomic mass is 9.96. The number of rotatable bonds is 3. The Morgan fingerprint density at radius 1 is 1.30 bits per heavy atom. The van der Waals surface area contributed by atoms with Crippen LogP contribution in [0.15, 0.2) is 41.0 Å². The quantitative estimate of drug-likeness (QED) is 0.934. The number of para-hydroxylation sites is 1. The smallest absolute Gasteiger partial charge is 0.127 e. The molecule has 4 heteroatoms. The monoisotopic (exact) mass is 332 g/mol. The van der Waals surface area contributed by atoms with Crippen molar-refractivity contribution in [2.45, 2.75) is 18.9 Å². The van der Waals surface area contributed by atoms with E-state index in [-0.39, 0.29) is 6.04 Å². The molecule has 1 aliphatic rings. The molecule has 1 aromatic heterocycles. The molecule has 3 nitrogen and oxygen atoms in total. The number of fused-ring (bicyclic) bond motifs is 1. The van der Waals surface area contributed by atoms with E-state index >= 15 is 0 Å². The minimum absolute atomic E-state index is 0.0520. The summed E-state index contributed by atoms with van der Waals surface area (Å²) >= 11 is 3.43. The SMILES string of the molecule is CNC(c1ccc(Br)cn1)c1cccc2c1OCCC2. The van der Waals surface area contributed by atoms with Gasteiger partial charge >= 0.3 is 0 Å². The molecule has 0 fully saturated rings. The lowest BCUT2D eigenvalue weighted by molar-refractivity contribution is 0.283. The van der Waals surface area contributed by atoms with Gasteiger partial charge in [-0.05, 0) is 53.5 Å². The number of hydrogen-bond donors (Lipinski definition) is 1. The zero-order chi connectivity index (χ0) is 13.9. The Kier molecular flexibility index (Phi) is 4.03. The van der Waals surface area contributed by atoms with Gasteiger partial charge in [-0.2, -0.15) is 0 Å². The number of ether oxygens (including phenoxy) is 1.